The van der Waals surface area contributed by atoms with E-state index in [1.54, 1.807) is 0 Å². The third-order valence-corrected chi connectivity index (χ3v) is 3.41. The minimum atomic E-state index is -0.168. The molecule has 0 aromatic heterocycles. The van der Waals surface area contributed by atoms with E-state index >= 15 is 0 Å². The largest absolute Gasteiger partial charge is 0.466 e. The van der Waals surface area contributed by atoms with Gasteiger partial charge in [-0.3, -0.25) is 4.79 Å². The predicted octanol–water partition coefficient (Wildman–Crippen LogP) is 2.42. The Balaban J connectivity index is 1.66. The fourth-order valence-electron chi connectivity index (χ4n) is 2.39. The van der Waals surface area contributed by atoms with Crippen molar-refractivity contribution in [2.24, 2.45) is 20.0 Å². The van der Waals surface area contributed by atoms with Crippen molar-refractivity contribution in [3.63, 3.8) is 0 Å². The van der Waals surface area contributed by atoms with Crippen molar-refractivity contribution in [3.8, 4) is 0 Å². The number of hydrogen-bond donors (Lipinski definition) is 0. The van der Waals surface area contributed by atoms with Crippen LogP contribution in [0.1, 0.15) is 39.5 Å². The lowest BCUT2D eigenvalue weighted by atomic mass is 10.2. The van der Waals surface area contributed by atoms with Crippen molar-refractivity contribution < 1.29 is 9.53 Å². The van der Waals surface area contributed by atoms with Gasteiger partial charge in [0, 0.05) is 12.8 Å². The van der Waals surface area contributed by atoms with Crippen molar-refractivity contribution in [2.75, 3.05) is 6.61 Å². The Morgan fingerprint density at radius 2 is 2.13 bits per heavy atom. The first-order valence-electron chi connectivity index (χ1n) is 7.81. The summed E-state index contributed by atoms with van der Waals surface area (Å²) in [6.07, 6.45) is 8.20. The lowest BCUT2D eigenvalue weighted by molar-refractivity contribution is -0.143. The van der Waals surface area contributed by atoms with E-state index in [2.05, 4.69) is 20.0 Å². The van der Waals surface area contributed by atoms with Gasteiger partial charge in [0.15, 0.2) is 0 Å². The molecule has 0 unspecified atom stereocenters. The van der Waals surface area contributed by atoms with Gasteiger partial charge in [0.25, 0.3) is 0 Å². The van der Waals surface area contributed by atoms with E-state index in [1.165, 1.54) is 0 Å². The molecule has 0 bridgehead atoms. The van der Waals surface area contributed by atoms with Crippen LogP contribution in [-0.2, 0) is 9.53 Å². The number of rotatable bonds is 6. The summed E-state index contributed by atoms with van der Waals surface area (Å²) in [7, 11) is 0. The van der Waals surface area contributed by atoms with Crippen molar-refractivity contribution >= 4 is 29.4 Å². The quantitative estimate of drug-likeness (QED) is 0.706. The molecule has 7 nitrogen and oxygen atoms in total. The molecular weight excluding hydrogens is 294 g/mol. The van der Waals surface area contributed by atoms with Crippen LogP contribution in [0.15, 0.2) is 44.0 Å². The Hall–Kier alpha value is -2.57. The van der Waals surface area contributed by atoms with Crippen LogP contribution >= 0.6 is 0 Å². The topological polar surface area (TPSA) is 79.0 Å². The molecule has 0 saturated carbocycles. The average Bonchev–Trinajstić information content (AvgIpc) is 2.52. The third-order valence-electron chi connectivity index (χ3n) is 3.41. The van der Waals surface area contributed by atoms with E-state index < -0.39 is 0 Å². The standard InChI is InChI=1S/C16H19N5O2/c1-3-10-23-15(22)9-4-6-12-19-14-8-5-7-13-17-11(2)18-16(20-12)21(13)14/h5,7-8H,3-4,6,9-10H2,1-2H3. The van der Waals surface area contributed by atoms with E-state index in [-0.39, 0.29) is 5.97 Å². The van der Waals surface area contributed by atoms with Gasteiger partial charge in [-0.05, 0) is 31.9 Å². The normalized spacial score (nSPS) is 18.3. The molecule has 0 saturated heterocycles. The molecular formula is C16H19N5O2. The Morgan fingerprint density at radius 1 is 1.26 bits per heavy atom. The molecule has 3 aliphatic heterocycles. The van der Waals surface area contributed by atoms with Crippen LogP contribution in [0, 0.1) is 0 Å². The molecule has 7 heteroatoms. The molecule has 120 valence electrons. The highest BCUT2D eigenvalue weighted by molar-refractivity contribution is 6.20. The van der Waals surface area contributed by atoms with E-state index in [0.29, 0.717) is 43.5 Å². The van der Waals surface area contributed by atoms with Crippen LogP contribution in [0.4, 0.5) is 0 Å². The van der Waals surface area contributed by atoms with Crippen LogP contribution in [0.25, 0.3) is 0 Å². The van der Waals surface area contributed by atoms with Gasteiger partial charge in [-0.2, -0.15) is 9.98 Å². The van der Waals surface area contributed by atoms with Crippen LogP contribution in [0.2, 0.25) is 0 Å². The Labute approximate surface area is 134 Å². The van der Waals surface area contributed by atoms with Crippen LogP contribution in [-0.4, -0.2) is 40.9 Å². The number of hydrogen-bond acceptors (Lipinski definition) is 7. The van der Waals surface area contributed by atoms with Crippen molar-refractivity contribution in [3.05, 3.63) is 24.0 Å². The number of allylic oxidation sites excluding steroid dienone is 2. The Kier molecular flexibility index (Phi) is 4.45. The van der Waals surface area contributed by atoms with Crippen LogP contribution in [0.3, 0.4) is 0 Å². The highest BCUT2D eigenvalue weighted by Crippen LogP contribution is 2.23. The van der Waals surface area contributed by atoms with Gasteiger partial charge in [0.05, 0.1) is 6.61 Å². The Bertz CT molecular complexity index is 697. The number of aliphatic imine (C=N–C) groups is 4. The van der Waals surface area contributed by atoms with Gasteiger partial charge in [0.2, 0.25) is 5.96 Å². The molecule has 0 aromatic carbocycles. The highest BCUT2D eigenvalue weighted by Gasteiger charge is 2.29. The summed E-state index contributed by atoms with van der Waals surface area (Å²) in [4.78, 5) is 31.1. The number of nitrogens with zero attached hydrogens (tertiary/aromatic N) is 5. The maximum absolute atomic E-state index is 11.5. The summed E-state index contributed by atoms with van der Waals surface area (Å²) < 4.78 is 5.07. The zero-order valence-electron chi connectivity index (χ0n) is 13.3. The zero-order valence-corrected chi connectivity index (χ0v) is 13.3. The second-order valence-corrected chi connectivity index (χ2v) is 5.36. The smallest absolute Gasteiger partial charge is 0.305 e. The number of ether oxygens (including phenoxy) is 1. The number of carbonyl (C=O) groups is 1. The molecule has 0 spiro atoms. The SMILES string of the molecule is CCCOC(=O)CCCC1=NC2=CC=CC3=NC(C)=NC(=N1)N23. The predicted molar refractivity (Wildman–Crippen MR) is 89.6 cm³/mol. The highest BCUT2D eigenvalue weighted by atomic mass is 16.5. The van der Waals surface area contributed by atoms with Crippen LogP contribution < -0.4 is 0 Å². The third kappa shape index (κ3) is 3.44. The van der Waals surface area contributed by atoms with E-state index in [0.717, 1.165) is 18.1 Å². The number of amidine groups is 3. The van der Waals surface area contributed by atoms with Gasteiger partial charge < -0.3 is 4.74 Å². The van der Waals surface area contributed by atoms with Gasteiger partial charge in [0.1, 0.15) is 23.3 Å². The second-order valence-electron chi connectivity index (χ2n) is 5.36. The number of carbonyl (C=O) groups excluding carboxylic acids is 1. The van der Waals surface area contributed by atoms with E-state index in [4.69, 9.17) is 4.74 Å². The monoisotopic (exact) mass is 313 g/mol. The minimum absolute atomic E-state index is 0.168. The molecule has 0 amide bonds. The Morgan fingerprint density at radius 3 is 2.96 bits per heavy atom. The van der Waals surface area contributed by atoms with Gasteiger partial charge in [-0.1, -0.05) is 13.0 Å². The second kappa shape index (κ2) is 6.68. The molecule has 0 atom stereocenters. The van der Waals surface area contributed by atoms with E-state index in [9.17, 15) is 4.79 Å². The number of esters is 1. The molecule has 0 radical (unpaired) electrons. The average molecular weight is 313 g/mol. The molecule has 0 aliphatic carbocycles. The summed E-state index contributed by atoms with van der Waals surface area (Å²) in [5.74, 6) is 3.31. The first-order chi connectivity index (χ1) is 11.2. The lowest BCUT2D eigenvalue weighted by Crippen LogP contribution is -2.41. The van der Waals surface area contributed by atoms with Gasteiger partial charge in [-0.25, -0.2) is 14.9 Å². The first kappa shape index (κ1) is 15.3. The first-order valence-corrected chi connectivity index (χ1v) is 7.81. The molecule has 0 N–H and O–H groups in total. The summed E-state index contributed by atoms with van der Waals surface area (Å²) in [5.41, 5.74) is 0. The maximum atomic E-state index is 11.5. The molecule has 3 rings (SSSR count). The molecule has 23 heavy (non-hydrogen) atoms. The lowest BCUT2D eigenvalue weighted by Gasteiger charge is -2.30. The van der Waals surface area contributed by atoms with Crippen molar-refractivity contribution in [1.29, 1.82) is 0 Å². The van der Waals surface area contributed by atoms with E-state index in [1.807, 2.05) is 37.0 Å². The number of guanidine groups is 1. The zero-order chi connectivity index (χ0) is 16.2. The fraction of sp³-hybridized carbons (Fsp3) is 0.438. The maximum Gasteiger partial charge on any atom is 0.305 e. The summed E-state index contributed by atoms with van der Waals surface area (Å²) in [6, 6.07) is 0. The molecule has 3 aliphatic rings. The van der Waals surface area contributed by atoms with Crippen LogP contribution in [0.5, 0.6) is 0 Å². The van der Waals surface area contributed by atoms with Crippen molar-refractivity contribution in [2.45, 2.75) is 39.5 Å². The summed E-state index contributed by atoms with van der Waals surface area (Å²) in [6.45, 7) is 4.29. The minimum Gasteiger partial charge on any atom is -0.466 e. The summed E-state index contributed by atoms with van der Waals surface area (Å²) >= 11 is 0. The molecule has 0 fully saturated rings. The van der Waals surface area contributed by atoms with Crippen molar-refractivity contribution in [1.82, 2.24) is 4.90 Å². The molecule has 3 heterocycles. The summed E-state index contributed by atoms with van der Waals surface area (Å²) in [5, 5.41) is 0. The van der Waals surface area contributed by atoms with Gasteiger partial charge >= 0.3 is 5.97 Å². The fourth-order valence-corrected chi connectivity index (χ4v) is 2.39. The van der Waals surface area contributed by atoms with Gasteiger partial charge in [-0.15, -0.1) is 0 Å². The molecule has 0 aromatic rings.